The fourth-order valence-electron chi connectivity index (χ4n) is 5.49. The van der Waals surface area contributed by atoms with Gasteiger partial charge in [-0.25, -0.2) is 8.42 Å². The lowest BCUT2D eigenvalue weighted by atomic mass is 10.1. The highest BCUT2D eigenvalue weighted by Gasteiger charge is 2.41. The van der Waals surface area contributed by atoms with Crippen LogP contribution in [0.4, 0.5) is 0 Å². The van der Waals surface area contributed by atoms with E-state index in [2.05, 4.69) is 37.3 Å². The fraction of sp³-hybridized carbons (Fsp3) is 0.571. The van der Waals surface area contributed by atoms with Crippen LogP contribution in [-0.4, -0.2) is 98.0 Å². The Kier molecular flexibility index (Phi) is 9.22. The third kappa shape index (κ3) is 6.74. The summed E-state index contributed by atoms with van der Waals surface area (Å²) >= 11 is 6.03. The van der Waals surface area contributed by atoms with Crippen molar-refractivity contribution in [3.63, 3.8) is 0 Å². The molecule has 39 heavy (non-hydrogen) atoms. The monoisotopic (exact) mass is 578 g/mol. The summed E-state index contributed by atoms with van der Waals surface area (Å²) in [6, 6.07) is 9.07. The Morgan fingerprint density at radius 2 is 1.74 bits per heavy atom. The second kappa shape index (κ2) is 12.1. The minimum Gasteiger partial charge on any atom is -0.373 e. The van der Waals surface area contributed by atoms with Crippen LogP contribution in [0.25, 0.3) is 10.8 Å². The second-order valence-corrected chi connectivity index (χ2v) is 13.1. The third-order valence-electron chi connectivity index (χ3n) is 7.64. The largest absolute Gasteiger partial charge is 0.373 e. The molecule has 2 aliphatic rings. The van der Waals surface area contributed by atoms with Crippen molar-refractivity contribution in [1.82, 2.24) is 19.4 Å². The van der Waals surface area contributed by atoms with E-state index in [1.54, 1.807) is 42.2 Å². The van der Waals surface area contributed by atoms with E-state index in [9.17, 15) is 18.0 Å². The number of hydrogen-bond acceptors (Lipinski definition) is 6. The number of nitrogens with zero attached hydrogens (tertiary/aromatic N) is 3. The molecule has 2 aromatic carbocycles. The topological polar surface area (TPSA) is 99.3 Å². The highest BCUT2D eigenvalue weighted by molar-refractivity contribution is 7.89. The molecule has 4 rings (SSSR count). The Hall–Kier alpha value is -2.24. The van der Waals surface area contributed by atoms with Gasteiger partial charge >= 0.3 is 0 Å². The Balaban J connectivity index is 1.39. The molecule has 1 N–H and O–H groups in total. The number of hydrogen-bond donors (Lipinski definition) is 1. The fourth-order valence-corrected chi connectivity index (χ4v) is 6.93. The summed E-state index contributed by atoms with van der Waals surface area (Å²) < 4.78 is 34.8. The van der Waals surface area contributed by atoms with Crippen LogP contribution in [0.1, 0.15) is 41.0 Å². The molecule has 2 aromatic rings. The summed E-state index contributed by atoms with van der Waals surface area (Å²) in [5, 5.41) is 2.12. The van der Waals surface area contributed by atoms with Crippen molar-refractivity contribution >= 4 is 44.2 Å². The maximum atomic E-state index is 13.4. The highest BCUT2D eigenvalue weighted by atomic mass is 35.5. The first-order valence-corrected chi connectivity index (χ1v) is 15.4. The quantitative estimate of drug-likeness (QED) is 0.491. The van der Waals surface area contributed by atoms with Crippen molar-refractivity contribution in [3.05, 3.63) is 41.4 Å². The normalized spacial score (nSPS) is 21.5. The van der Waals surface area contributed by atoms with Gasteiger partial charge < -0.3 is 14.5 Å². The molecule has 0 bridgehead atoms. The predicted octanol–water partition coefficient (Wildman–Crippen LogP) is 3.11. The zero-order valence-electron chi connectivity index (χ0n) is 23.3. The van der Waals surface area contributed by atoms with Gasteiger partial charge in [0.1, 0.15) is 12.1 Å². The van der Waals surface area contributed by atoms with E-state index in [4.69, 9.17) is 16.3 Å². The summed E-state index contributed by atoms with van der Waals surface area (Å²) in [6.45, 7) is 12.7. The summed E-state index contributed by atoms with van der Waals surface area (Å²) in [5.41, 5.74) is 0. The Labute approximate surface area is 236 Å². The predicted molar refractivity (Wildman–Crippen MR) is 152 cm³/mol. The van der Waals surface area contributed by atoms with Crippen molar-refractivity contribution < 1.29 is 22.7 Å². The van der Waals surface area contributed by atoms with Crippen molar-refractivity contribution in [2.75, 3.05) is 32.8 Å². The molecule has 2 amide bonds. The number of morpholine rings is 1. The minimum atomic E-state index is -3.95. The van der Waals surface area contributed by atoms with E-state index in [1.807, 2.05) is 0 Å². The number of fused-ring (bicyclic) bond motifs is 1. The number of sulfonamides is 1. The first-order chi connectivity index (χ1) is 18.4. The Morgan fingerprint density at radius 1 is 1.08 bits per heavy atom. The number of carbonyl (C=O) groups is 2. The number of ether oxygens (including phenoxy) is 1. The van der Waals surface area contributed by atoms with E-state index in [0.29, 0.717) is 49.8 Å². The van der Waals surface area contributed by atoms with E-state index in [0.717, 1.165) is 17.3 Å². The molecular formula is C28H39ClN4O5S. The van der Waals surface area contributed by atoms with E-state index < -0.39 is 22.1 Å². The zero-order chi connectivity index (χ0) is 28.5. The molecule has 2 aliphatic heterocycles. The lowest BCUT2D eigenvalue weighted by Gasteiger charge is -2.40. The SMILES string of the molecule is CC(C)N(CC1CN(C(=O)[C@H](C)N2CC[C@H](NS(=O)(=O)c3ccc4cc(Cl)ccc4c3)C2=O)CCO1)C(C)C. The molecule has 1 unspecified atom stereocenters. The summed E-state index contributed by atoms with van der Waals surface area (Å²) in [4.78, 5) is 32.3. The molecule has 2 saturated heterocycles. The van der Waals surface area contributed by atoms with Crippen LogP contribution in [0, 0.1) is 0 Å². The summed E-state index contributed by atoms with van der Waals surface area (Å²) in [5.74, 6) is -0.531. The van der Waals surface area contributed by atoms with E-state index in [-0.39, 0.29) is 22.8 Å². The van der Waals surface area contributed by atoms with E-state index in [1.165, 1.54) is 11.0 Å². The molecule has 9 nitrogen and oxygen atoms in total. The molecule has 0 radical (unpaired) electrons. The van der Waals surface area contributed by atoms with Crippen LogP contribution < -0.4 is 4.72 Å². The number of likely N-dealkylation sites (tertiary alicyclic amines) is 1. The maximum Gasteiger partial charge on any atom is 0.245 e. The van der Waals surface area contributed by atoms with Crippen molar-refractivity contribution in [1.29, 1.82) is 0 Å². The molecule has 214 valence electrons. The second-order valence-electron chi connectivity index (χ2n) is 11.0. The lowest BCUT2D eigenvalue weighted by Crippen LogP contribution is -2.56. The van der Waals surface area contributed by atoms with Gasteiger partial charge in [0.25, 0.3) is 0 Å². The smallest absolute Gasteiger partial charge is 0.245 e. The third-order valence-corrected chi connectivity index (χ3v) is 9.34. The van der Waals surface area contributed by atoms with Crippen LogP contribution in [0.2, 0.25) is 5.02 Å². The number of carbonyl (C=O) groups excluding carboxylic acids is 2. The van der Waals surface area contributed by atoms with Gasteiger partial charge in [0.2, 0.25) is 21.8 Å². The average molecular weight is 579 g/mol. The molecule has 11 heteroatoms. The Morgan fingerprint density at radius 3 is 2.44 bits per heavy atom. The molecule has 0 saturated carbocycles. The molecule has 2 fully saturated rings. The minimum absolute atomic E-state index is 0.0731. The molecule has 3 atom stereocenters. The van der Waals surface area contributed by atoms with Gasteiger partial charge in [0.15, 0.2) is 0 Å². The van der Waals surface area contributed by atoms with Crippen molar-refractivity contribution in [3.8, 4) is 0 Å². The number of nitrogens with one attached hydrogen (secondary N) is 1. The average Bonchev–Trinajstić information content (AvgIpc) is 3.24. The van der Waals surface area contributed by atoms with Crippen molar-refractivity contribution in [2.24, 2.45) is 0 Å². The number of amides is 2. The van der Waals surface area contributed by atoms with Gasteiger partial charge in [-0.2, -0.15) is 4.72 Å². The zero-order valence-corrected chi connectivity index (χ0v) is 24.8. The lowest BCUT2D eigenvalue weighted by molar-refractivity contribution is -0.149. The van der Waals surface area contributed by atoms with E-state index >= 15 is 0 Å². The molecular weight excluding hydrogens is 540 g/mol. The molecule has 0 aliphatic carbocycles. The van der Waals surface area contributed by atoms with Gasteiger partial charge in [-0.15, -0.1) is 0 Å². The van der Waals surface area contributed by atoms with Crippen LogP contribution in [-0.2, 0) is 24.3 Å². The maximum absolute atomic E-state index is 13.4. The number of rotatable bonds is 9. The molecule has 0 aromatic heterocycles. The van der Waals surface area contributed by atoms with Gasteiger partial charge in [0.05, 0.1) is 17.6 Å². The summed E-state index contributed by atoms with van der Waals surface area (Å²) in [7, 11) is -3.95. The highest BCUT2D eigenvalue weighted by Crippen LogP contribution is 2.24. The van der Waals surface area contributed by atoms with Crippen LogP contribution in [0.5, 0.6) is 0 Å². The first-order valence-electron chi connectivity index (χ1n) is 13.6. The van der Waals surface area contributed by atoms with Gasteiger partial charge in [-0.05, 0) is 76.1 Å². The van der Waals surface area contributed by atoms with Gasteiger partial charge in [-0.3, -0.25) is 14.5 Å². The van der Waals surface area contributed by atoms with Gasteiger partial charge in [0, 0.05) is 43.3 Å². The van der Waals surface area contributed by atoms with Crippen LogP contribution in [0.3, 0.4) is 0 Å². The van der Waals surface area contributed by atoms with Gasteiger partial charge in [-0.1, -0.05) is 23.7 Å². The van der Waals surface area contributed by atoms with Crippen LogP contribution >= 0.6 is 11.6 Å². The summed E-state index contributed by atoms with van der Waals surface area (Å²) in [6.07, 6.45) is 0.189. The van der Waals surface area contributed by atoms with Crippen LogP contribution in [0.15, 0.2) is 41.3 Å². The Bertz CT molecular complexity index is 1310. The number of halogens is 1. The molecule has 0 spiro atoms. The van der Waals surface area contributed by atoms with Crippen molar-refractivity contribution in [2.45, 2.75) is 76.2 Å². The molecule has 2 heterocycles. The number of benzene rings is 2. The standard InChI is InChI=1S/C28H39ClN4O5S/c1-18(2)33(19(3)4)17-24-16-31(12-13-38-24)27(34)20(5)32-11-10-26(28(32)35)30-39(36,37)25-9-7-21-14-23(29)8-6-22(21)15-25/h6-9,14-15,18-20,24,26,30H,10-13,16-17H2,1-5H3/t20-,24?,26-/m0/s1. The first kappa shape index (κ1) is 29.7.